The second-order valence-corrected chi connectivity index (χ2v) is 6.15. The van der Waals surface area contributed by atoms with Crippen molar-refractivity contribution >= 4 is 21.6 Å². The van der Waals surface area contributed by atoms with Gasteiger partial charge < -0.3 is 5.11 Å². The van der Waals surface area contributed by atoms with Crippen molar-refractivity contribution in [3.05, 3.63) is 40.9 Å². The predicted molar refractivity (Wildman–Crippen MR) is 72.7 cm³/mol. The summed E-state index contributed by atoms with van der Waals surface area (Å²) >= 11 is 5.89. The molecule has 0 atom stereocenters. The van der Waals surface area contributed by atoms with E-state index in [1.54, 1.807) is 6.07 Å². The maximum absolute atomic E-state index is 12.1. The van der Waals surface area contributed by atoms with Crippen molar-refractivity contribution in [3.63, 3.8) is 0 Å². The number of aliphatic hydroxyl groups is 1. The van der Waals surface area contributed by atoms with Gasteiger partial charge in [0, 0.05) is 13.0 Å². The minimum Gasteiger partial charge on any atom is -0.392 e. The number of benzene rings is 1. The fourth-order valence-electron chi connectivity index (χ4n) is 1.58. The van der Waals surface area contributed by atoms with E-state index in [9.17, 15) is 8.42 Å². The lowest BCUT2D eigenvalue weighted by Crippen LogP contribution is -2.26. The average molecular weight is 317 g/mol. The quantitative estimate of drug-likeness (QED) is 0.718. The Bertz CT molecular complexity index is 673. The molecular formula is C11H13ClN4O3S. The molecule has 0 aliphatic rings. The van der Waals surface area contributed by atoms with E-state index in [2.05, 4.69) is 19.9 Å². The van der Waals surface area contributed by atoms with Gasteiger partial charge in [-0.15, -0.1) is 0 Å². The number of sulfonamides is 1. The van der Waals surface area contributed by atoms with Crippen molar-refractivity contribution in [2.45, 2.75) is 17.9 Å². The summed E-state index contributed by atoms with van der Waals surface area (Å²) in [4.78, 5) is 3.84. The van der Waals surface area contributed by atoms with E-state index in [0.717, 1.165) is 0 Å². The summed E-state index contributed by atoms with van der Waals surface area (Å²) < 4.78 is 26.7. The lowest BCUT2D eigenvalue weighted by atomic mass is 10.2. The van der Waals surface area contributed by atoms with E-state index in [0.29, 0.717) is 17.8 Å². The molecule has 3 N–H and O–H groups in total. The molecule has 0 unspecified atom stereocenters. The Morgan fingerprint density at radius 1 is 1.40 bits per heavy atom. The van der Waals surface area contributed by atoms with E-state index in [1.807, 2.05) is 0 Å². The van der Waals surface area contributed by atoms with Crippen molar-refractivity contribution < 1.29 is 13.5 Å². The van der Waals surface area contributed by atoms with E-state index >= 15 is 0 Å². The maximum Gasteiger partial charge on any atom is 0.242 e. The lowest BCUT2D eigenvalue weighted by molar-refractivity contribution is 0.281. The first kappa shape index (κ1) is 14.9. The molecule has 0 amide bonds. The Morgan fingerprint density at radius 2 is 2.20 bits per heavy atom. The Hall–Kier alpha value is -1.48. The molecule has 2 rings (SSSR count). The molecule has 0 saturated heterocycles. The molecular weight excluding hydrogens is 304 g/mol. The maximum atomic E-state index is 12.1. The molecule has 0 saturated carbocycles. The molecule has 2 aromatic rings. The summed E-state index contributed by atoms with van der Waals surface area (Å²) in [5.74, 6) is 0.586. The monoisotopic (exact) mass is 316 g/mol. The summed E-state index contributed by atoms with van der Waals surface area (Å²) in [6.07, 6.45) is 1.74. The van der Waals surface area contributed by atoms with Gasteiger partial charge in [-0.05, 0) is 17.7 Å². The first-order valence-electron chi connectivity index (χ1n) is 5.76. The molecule has 0 aliphatic carbocycles. The number of nitrogens with one attached hydrogen (secondary N) is 2. The molecule has 1 heterocycles. The number of H-pyrrole nitrogens is 1. The van der Waals surface area contributed by atoms with Crippen LogP contribution in [0.15, 0.2) is 29.4 Å². The van der Waals surface area contributed by atoms with Crippen LogP contribution in [0.5, 0.6) is 0 Å². The smallest absolute Gasteiger partial charge is 0.242 e. The van der Waals surface area contributed by atoms with Crippen molar-refractivity contribution in [3.8, 4) is 0 Å². The highest BCUT2D eigenvalue weighted by molar-refractivity contribution is 7.89. The molecule has 0 bridgehead atoms. The topological polar surface area (TPSA) is 108 Å². The van der Waals surface area contributed by atoms with Crippen LogP contribution in [-0.2, 0) is 23.1 Å². The summed E-state index contributed by atoms with van der Waals surface area (Å²) in [7, 11) is -3.73. The number of nitrogens with zero attached hydrogens (tertiary/aromatic N) is 2. The van der Waals surface area contributed by atoms with Crippen molar-refractivity contribution in [1.82, 2.24) is 19.9 Å². The summed E-state index contributed by atoms with van der Waals surface area (Å²) in [5, 5.41) is 15.5. The van der Waals surface area contributed by atoms with Gasteiger partial charge in [0.05, 0.1) is 11.6 Å². The summed E-state index contributed by atoms with van der Waals surface area (Å²) in [6.45, 7) is -0.0883. The third-order valence-electron chi connectivity index (χ3n) is 2.59. The van der Waals surface area contributed by atoms with Crippen molar-refractivity contribution in [2.24, 2.45) is 0 Å². The van der Waals surface area contributed by atoms with Crippen LogP contribution in [0.3, 0.4) is 0 Å². The van der Waals surface area contributed by atoms with Crippen molar-refractivity contribution in [1.29, 1.82) is 0 Å². The SMILES string of the molecule is O=S(=O)(NCCc1ncn[nH]1)c1cc(CO)ccc1Cl. The fourth-order valence-corrected chi connectivity index (χ4v) is 3.16. The summed E-state index contributed by atoms with van der Waals surface area (Å²) in [6, 6.07) is 4.35. The molecule has 0 aliphatic heterocycles. The van der Waals surface area contributed by atoms with E-state index in [4.69, 9.17) is 16.7 Å². The van der Waals surface area contributed by atoms with E-state index in [1.165, 1.54) is 18.5 Å². The molecule has 9 heteroatoms. The molecule has 0 spiro atoms. The van der Waals surface area contributed by atoms with Gasteiger partial charge in [0.25, 0.3) is 0 Å². The van der Waals surface area contributed by atoms with Gasteiger partial charge in [-0.25, -0.2) is 18.1 Å². The largest absolute Gasteiger partial charge is 0.392 e. The zero-order valence-electron chi connectivity index (χ0n) is 10.4. The van der Waals surface area contributed by atoms with Crippen LogP contribution in [0, 0.1) is 0 Å². The lowest BCUT2D eigenvalue weighted by Gasteiger charge is -2.09. The Kier molecular flexibility index (Phi) is 4.71. The first-order valence-corrected chi connectivity index (χ1v) is 7.62. The van der Waals surface area contributed by atoms with Gasteiger partial charge in [-0.3, -0.25) is 5.10 Å². The Morgan fingerprint density at radius 3 is 2.85 bits per heavy atom. The minimum absolute atomic E-state index is 0.0525. The van der Waals surface area contributed by atoms with Gasteiger partial charge in [0.15, 0.2) is 0 Å². The van der Waals surface area contributed by atoms with Crippen LogP contribution in [-0.4, -0.2) is 35.3 Å². The number of rotatable bonds is 6. The van der Waals surface area contributed by atoms with Crippen LogP contribution in [0.1, 0.15) is 11.4 Å². The number of aliphatic hydroxyl groups excluding tert-OH is 1. The highest BCUT2D eigenvalue weighted by Crippen LogP contribution is 2.22. The van der Waals surface area contributed by atoms with Gasteiger partial charge >= 0.3 is 0 Å². The van der Waals surface area contributed by atoms with Crippen LogP contribution in [0.2, 0.25) is 5.02 Å². The van der Waals surface area contributed by atoms with Crippen LogP contribution >= 0.6 is 11.6 Å². The molecule has 0 radical (unpaired) electrons. The van der Waals surface area contributed by atoms with Gasteiger partial charge in [-0.1, -0.05) is 17.7 Å². The van der Waals surface area contributed by atoms with E-state index in [-0.39, 0.29) is 23.1 Å². The van der Waals surface area contributed by atoms with Crippen LogP contribution in [0.25, 0.3) is 0 Å². The Labute approximate surface area is 121 Å². The number of aromatic nitrogens is 3. The Balaban J connectivity index is 2.09. The number of aromatic amines is 1. The van der Waals surface area contributed by atoms with Gasteiger partial charge in [0.2, 0.25) is 10.0 Å². The normalized spacial score (nSPS) is 11.7. The highest BCUT2D eigenvalue weighted by atomic mass is 35.5. The standard InChI is InChI=1S/C11H13ClN4O3S/c12-9-2-1-8(6-17)5-10(9)20(18,19)15-4-3-11-13-7-14-16-11/h1-2,5,7,15,17H,3-4,6H2,(H,13,14,16). The number of hydrogen-bond acceptors (Lipinski definition) is 5. The van der Waals surface area contributed by atoms with Crippen LogP contribution < -0.4 is 4.72 Å². The molecule has 1 aromatic heterocycles. The average Bonchev–Trinajstić information content (AvgIpc) is 2.92. The van der Waals surface area contributed by atoms with Gasteiger partial charge in [-0.2, -0.15) is 5.10 Å². The molecule has 7 nitrogen and oxygen atoms in total. The first-order chi connectivity index (χ1) is 9.53. The number of halogens is 1. The third kappa shape index (κ3) is 3.54. The third-order valence-corrected chi connectivity index (χ3v) is 4.53. The molecule has 20 heavy (non-hydrogen) atoms. The molecule has 108 valence electrons. The second kappa shape index (κ2) is 6.31. The van der Waals surface area contributed by atoms with Crippen molar-refractivity contribution in [2.75, 3.05) is 6.54 Å². The summed E-state index contributed by atoms with van der Waals surface area (Å²) in [5.41, 5.74) is 0.477. The van der Waals surface area contributed by atoms with Gasteiger partial charge in [0.1, 0.15) is 17.0 Å². The fraction of sp³-hybridized carbons (Fsp3) is 0.273. The zero-order valence-corrected chi connectivity index (χ0v) is 11.9. The molecule has 0 fully saturated rings. The van der Waals surface area contributed by atoms with Crippen LogP contribution in [0.4, 0.5) is 0 Å². The second-order valence-electron chi connectivity index (χ2n) is 4.00. The zero-order chi connectivity index (χ0) is 14.6. The molecule has 1 aromatic carbocycles. The number of hydrogen-bond donors (Lipinski definition) is 3. The predicted octanol–water partition coefficient (Wildman–Crippen LogP) is 0.471. The highest BCUT2D eigenvalue weighted by Gasteiger charge is 2.18. The van der Waals surface area contributed by atoms with E-state index < -0.39 is 10.0 Å². The minimum atomic E-state index is -3.73.